The van der Waals surface area contributed by atoms with Crippen molar-refractivity contribution in [3.8, 4) is 0 Å². The van der Waals surface area contributed by atoms with Crippen molar-refractivity contribution >= 4 is 39.7 Å². The number of fused-ring (bicyclic) bond motifs is 2. The second-order valence-electron chi connectivity index (χ2n) is 6.49. The minimum Gasteiger partial charge on any atom is -0.327 e. The minimum atomic E-state index is -3.60. The molecule has 1 aromatic carbocycles. The second kappa shape index (κ2) is 6.85. The third-order valence-corrected chi connectivity index (χ3v) is 5.40. The van der Waals surface area contributed by atoms with E-state index >= 15 is 0 Å². The predicted octanol–water partition coefficient (Wildman–Crippen LogP) is 1.93. The highest BCUT2D eigenvalue weighted by Crippen LogP contribution is 2.47. The van der Waals surface area contributed by atoms with Crippen LogP contribution in [0.1, 0.15) is 19.3 Å². The van der Waals surface area contributed by atoms with Gasteiger partial charge < -0.3 is 11.1 Å². The van der Waals surface area contributed by atoms with Crippen LogP contribution in [0.2, 0.25) is 0 Å². The van der Waals surface area contributed by atoms with Gasteiger partial charge >= 0.3 is 0 Å². The molecular weight excluding hydrogens is 357 g/mol. The molecule has 0 aliphatic heterocycles. The summed E-state index contributed by atoms with van der Waals surface area (Å²) in [5.41, 5.74) is 6.30. The molecule has 2 fully saturated rings. The predicted molar refractivity (Wildman–Crippen MR) is 93.0 cm³/mol. The van der Waals surface area contributed by atoms with E-state index in [0.29, 0.717) is 17.5 Å². The first-order valence-corrected chi connectivity index (χ1v) is 9.47. The Hall–Kier alpha value is -1.38. The molecule has 0 saturated heterocycles. The van der Waals surface area contributed by atoms with Gasteiger partial charge in [0.2, 0.25) is 15.9 Å². The van der Waals surface area contributed by atoms with E-state index in [2.05, 4.69) is 10.0 Å². The second-order valence-corrected chi connectivity index (χ2v) is 8.24. The number of hydrogen-bond acceptors (Lipinski definition) is 4. The van der Waals surface area contributed by atoms with Gasteiger partial charge in [-0.3, -0.25) is 9.52 Å². The SMILES string of the molecule is CS(=O)(=O)Nc1cc(NC(=O)C2C3CCC(C3)C2N)ccc1F.Cl. The molecule has 2 aliphatic rings. The summed E-state index contributed by atoms with van der Waals surface area (Å²) in [5.74, 6) is -0.396. The lowest BCUT2D eigenvalue weighted by Crippen LogP contribution is -2.42. The van der Waals surface area contributed by atoms with E-state index in [1.54, 1.807) is 0 Å². The van der Waals surface area contributed by atoms with Crippen LogP contribution in [-0.4, -0.2) is 26.6 Å². The van der Waals surface area contributed by atoms with Crippen LogP contribution in [0.4, 0.5) is 15.8 Å². The molecule has 4 atom stereocenters. The number of carbonyl (C=O) groups is 1. The highest BCUT2D eigenvalue weighted by Gasteiger charge is 2.49. The molecule has 0 radical (unpaired) electrons. The molecule has 24 heavy (non-hydrogen) atoms. The van der Waals surface area contributed by atoms with Crippen molar-refractivity contribution in [3.63, 3.8) is 0 Å². The van der Waals surface area contributed by atoms with Gasteiger partial charge in [0.05, 0.1) is 17.9 Å². The monoisotopic (exact) mass is 377 g/mol. The van der Waals surface area contributed by atoms with Crippen molar-refractivity contribution in [1.29, 1.82) is 0 Å². The molecule has 2 saturated carbocycles. The lowest BCUT2D eigenvalue weighted by atomic mass is 9.84. The quantitative estimate of drug-likeness (QED) is 0.746. The number of sulfonamides is 1. The Morgan fingerprint density at radius 2 is 1.96 bits per heavy atom. The first-order chi connectivity index (χ1) is 10.7. The van der Waals surface area contributed by atoms with Crippen molar-refractivity contribution in [2.45, 2.75) is 25.3 Å². The first kappa shape index (κ1) is 19.0. The van der Waals surface area contributed by atoms with Crippen LogP contribution >= 0.6 is 12.4 Å². The fraction of sp³-hybridized carbons (Fsp3) is 0.533. The van der Waals surface area contributed by atoms with Crippen LogP contribution in [0, 0.1) is 23.6 Å². The summed E-state index contributed by atoms with van der Waals surface area (Å²) in [7, 11) is -3.60. The zero-order valence-electron chi connectivity index (χ0n) is 13.2. The number of hydrogen-bond donors (Lipinski definition) is 3. The normalized spacial score (nSPS) is 28.3. The average Bonchev–Trinajstić information content (AvgIpc) is 3.01. The minimum absolute atomic E-state index is 0. The van der Waals surface area contributed by atoms with Crippen LogP contribution in [-0.2, 0) is 14.8 Å². The summed E-state index contributed by atoms with van der Waals surface area (Å²) in [6.45, 7) is 0. The number of carbonyl (C=O) groups excluding carboxylic acids is 1. The van der Waals surface area contributed by atoms with Gasteiger partial charge in [0, 0.05) is 11.7 Å². The van der Waals surface area contributed by atoms with Gasteiger partial charge in [-0.2, -0.15) is 0 Å². The third kappa shape index (κ3) is 3.81. The lowest BCUT2D eigenvalue weighted by molar-refractivity contribution is -0.121. The topological polar surface area (TPSA) is 101 Å². The number of halogens is 2. The molecule has 9 heteroatoms. The van der Waals surface area contributed by atoms with Gasteiger partial charge in [0.25, 0.3) is 0 Å². The highest BCUT2D eigenvalue weighted by molar-refractivity contribution is 7.92. The van der Waals surface area contributed by atoms with E-state index in [-0.39, 0.29) is 36.0 Å². The van der Waals surface area contributed by atoms with Crippen molar-refractivity contribution < 1.29 is 17.6 Å². The Labute approximate surface area is 146 Å². The van der Waals surface area contributed by atoms with Crippen LogP contribution in [0.3, 0.4) is 0 Å². The smallest absolute Gasteiger partial charge is 0.229 e. The van der Waals surface area contributed by atoms with Crippen molar-refractivity contribution in [3.05, 3.63) is 24.0 Å². The molecule has 4 unspecified atom stereocenters. The Morgan fingerprint density at radius 1 is 1.29 bits per heavy atom. The molecule has 1 amide bonds. The average molecular weight is 378 g/mol. The fourth-order valence-electron chi connectivity index (χ4n) is 3.83. The summed E-state index contributed by atoms with van der Waals surface area (Å²) in [4.78, 5) is 12.5. The van der Waals surface area contributed by atoms with Gasteiger partial charge in [-0.1, -0.05) is 0 Å². The summed E-state index contributed by atoms with van der Waals surface area (Å²) in [6.07, 6.45) is 4.02. The lowest BCUT2D eigenvalue weighted by Gasteiger charge is -2.27. The Kier molecular flexibility index (Phi) is 5.41. The van der Waals surface area contributed by atoms with E-state index in [4.69, 9.17) is 5.73 Å². The molecule has 6 nitrogen and oxygen atoms in total. The molecule has 0 heterocycles. The number of rotatable bonds is 4. The van der Waals surface area contributed by atoms with Gasteiger partial charge in [0.15, 0.2) is 0 Å². The van der Waals surface area contributed by atoms with Crippen LogP contribution in [0.5, 0.6) is 0 Å². The van der Waals surface area contributed by atoms with E-state index in [0.717, 1.165) is 31.6 Å². The molecule has 2 aliphatic carbocycles. The standard InChI is InChI=1S/C15H20FN3O3S.ClH/c1-23(21,22)19-12-7-10(4-5-11(12)16)18-15(20)13-8-2-3-9(6-8)14(13)17;/h4-5,7-9,13-14,19H,2-3,6,17H2,1H3,(H,18,20);1H. The Bertz CT molecular complexity index is 741. The maximum absolute atomic E-state index is 13.7. The third-order valence-electron chi connectivity index (χ3n) is 4.81. The summed E-state index contributed by atoms with van der Waals surface area (Å²) >= 11 is 0. The molecule has 3 rings (SSSR count). The number of nitrogens with one attached hydrogen (secondary N) is 2. The number of amides is 1. The van der Waals surface area contributed by atoms with Crippen LogP contribution < -0.4 is 15.8 Å². The fourth-order valence-corrected chi connectivity index (χ4v) is 4.39. The van der Waals surface area contributed by atoms with Crippen LogP contribution in [0.15, 0.2) is 18.2 Å². The Morgan fingerprint density at radius 3 is 2.54 bits per heavy atom. The molecular formula is C15H21ClFN3O3S. The zero-order valence-corrected chi connectivity index (χ0v) is 14.8. The van der Waals surface area contributed by atoms with Gasteiger partial charge in [0.1, 0.15) is 5.82 Å². The van der Waals surface area contributed by atoms with E-state index in [1.807, 2.05) is 0 Å². The van der Waals surface area contributed by atoms with Gasteiger partial charge in [-0.05, 0) is 49.3 Å². The maximum atomic E-state index is 13.7. The molecule has 2 bridgehead atoms. The number of benzene rings is 1. The molecule has 0 spiro atoms. The zero-order chi connectivity index (χ0) is 16.8. The van der Waals surface area contributed by atoms with E-state index in [1.165, 1.54) is 12.1 Å². The number of anilines is 2. The Balaban J connectivity index is 0.00000208. The van der Waals surface area contributed by atoms with Gasteiger partial charge in [-0.15, -0.1) is 12.4 Å². The summed E-state index contributed by atoms with van der Waals surface area (Å²) in [6, 6.07) is 3.65. The molecule has 4 N–H and O–H groups in total. The largest absolute Gasteiger partial charge is 0.327 e. The van der Waals surface area contributed by atoms with Crippen LogP contribution in [0.25, 0.3) is 0 Å². The van der Waals surface area contributed by atoms with Crippen molar-refractivity contribution in [2.24, 2.45) is 23.5 Å². The van der Waals surface area contributed by atoms with E-state index < -0.39 is 15.8 Å². The first-order valence-electron chi connectivity index (χ1n) is 7.58. The summed E-state index contributed by atoms with van der Waals surface area (Å²) in [5, 5.41) is 2.73. The molecule has 0 aromatic heterocycles. The van der Waals surface area contributed by atoms with E-state index in [9.17, 15) is 17.6 Å². The summed E-state index contributed by atoms with van der Waals surface area (Å²) < 4.78 is 38.2. The number of nitrogens with two attached hydrogens (primary N) is 1. The molecule has 134 valence electrons. The molecule has 1 aromatic rings. The van der Waals surface area contributed by atoms with Crippen molar-refractivity contribution in [1.82, 2.24) is 0 Å². The maximum Gasteiger partial charge on any atom is 0.229 e. The van der Waals surface area contributed by atoms with Crippen molar-refractivity contribution in [2.75, 3.05) is 16.3 Å². The highest BCUT2D eigenvalue weighted by atomic mass is 35.5. The van der Waals surface area contributed by atoms with Gasteiger partial charge in [-0.25, -0.2) is 12.8 Å².